The molecule has 0 saturated heterocycles. The van der Waals surface area contributed by atoms with Gasteiger partial charge < -0.3 is 20.2 Å². The van der Waals surface area contributed by atoms with Crippen molar-refractivity contribution in [2.24, 2.45) is 0 Å². The number of phenols is 2. The van der Waals surface area contributed by atoms with E-state index in [1.807, 2.05) is 0 Å². The Morgan fingerprint density at radius 2 is 1.87 bits per heavy atom. The molecule has 0 bridgehead atoms. The molecule has 1 aliphatic rings. The molecule has 0 radical (unpaired) electrons. The van der Waals surface area contributed by atoms with Gasteiger partial charge >= 0.3 is 0 Å². The summed E-state index contributed by atoms with van der Waals surface area (Å²) in [6, 6.07) is 10.2. The molecule has 0 saturated carbocycles. The van der Waals surface area contributed by atoms with Crippen molar-refractivity contribution in [2.75, 3.05) is 11.9 Å². The van der Waals surface area contributed by atoms with Crippen LogP contribution in [-0.2, 0) is 10.4 Å². The zero-order chi connectivity index (χ0) is 16.8. The third kappa shape index (κ3) is 2.24. The van der Waals surface area contributed by atoms with E-state index in [9.17, 15) is 24.9 Å². The number of hydrogen-bond acceptors (Lipinski definition) is 5. The number of carbonyl (C=O) groups is 2. The first-order valence-corrected chi connectivity index (χ1v) is 7.00. The number of amides is 1. The Hall–Kier alpha value is -2.86. The third-order valence-corrected chi connectivity index (χ3v) is 4.07. The predicted octanol–water partition coefficient (Wildman–Crippen LogP) is 1.53. The van der Waals surface area contributed by atoms with Crippen molar-refractivity contribution >= 4 is 17.4 Å². The first kappa shape index (κ1) is 15.1. The molecule has 1 aliphatic heterocycles. The summed E-state index contributed by atoms with van der Waals surface area (Å²) in [6.07, 6.45) is -0.524. The normalized spacial score (nSPS) is 19.7. The van der Waals surface area contributed by atoms with Gasteiger partial charge in [-0.3, -0.25) is 9.59 Å². The summed E-state index contributed by atoms with van der Waals surface area (Å²) < 4.78 is 0. The maximum absolute atomic E-state index is 12.4. The second-order valence-corrected chi connectivity index (χ2v) is 5.54. The number of rotatable bonds is 3. The summed E-state index contributed by atoms with van der Waals surface area (Å²) in [7, 11) is 1.52. The van der Waals surface area contributed by atoms with Crippen molar-refractivity contribution < 1.29 is 24.9 Å². The van der Waals surface area contributed by atoms with Gasteiger partial charge in [-0.1, -0.05) is 18.2 Å². The Labute approximate surface area is 132 Å². The van der Waals surface area contributed by atoms with Crippen LogP contribution in [0.3, 0.4) is 0 Å². The molecule has 118 valence electrons. The smallest absolute Gasteiger partial charge is 0.263 e. The van der Waals surface area contributed by atoms with Crippen LogP contribution in [0.4, 0.5) is 5.69 Å². The SMILES string of the molecule is CN1C(=O)[C@](O)(CC(=O)c2cc(O)ccc2O)c2ccccc21. The van der Waals surface area contributed by atoms with E-state index in [-0.39, 0.29) is 17.1 Å². The number of phenolic OH excluding ortho intramolecular Hbond substituents is 2. The number of hydrogen-bond donors (Lipinski definition) is 3. The number of nitrogens with zero attached hydrogens (tertiary/aromatic N) is 1. The van der Waals surface area contributed by atoms with Crippen molar-refractivity contribution in [1.82, 2.24) is 0 Å². The summed E-state index contributed by atoms with van der Waals surface area (Å²) in [4.78, 5) is 26.2. The number of fused-ring (bicyclic) bond motifs is 1. The molecule has 2 aromatic rings. The summed E-state index contributed by atoms with van der Waals surface area (Å²) in [5.41, 5.74) is -1.24. The molecular weight excluding hydrogens is 298 g/mol. The van der Waals surface area contributed by atoms with Gasteiger partial charge in [-0.15, -0.1) is 0 Å². The highest BCUT2D eigenvalue weighted by molar-refractivity contribution is 6.11. The quantitative estimate of drug-likeness (QED) is 0.590. The maximum Gasteiger partial charge on any atom is 0.263 e. The third-order valence-electron chi connectivity index (χ3n) is 4.07. The van der Waals surface area contributed by atoms with Crippen LogP contribution in [0, 0.1) is 0 Å². The number of ketones is 1. The first-order valence-electron chi connectivity index (χ1n) is 7.00. The van der Waals surface area contributed by atoms with E-state index >= 15 is 0 Å². The lowest BCUT2D eigenvalue weighted by molar-refractivity contribution is -0.135. The number of likely N-dealkylation sites (N-methyl/N-ethyl adjacent to an activating group) is 1. The van der Waals surface area contributed by atoms with Crippen LogP contribution in [0.1, 0.15) is 22.3 Å². The number of para-hydroxylation sites is 1. The minimum Gasteiger partial charge on any atom is -0.508 e. The lowest BCUT2D eigenvalue weighted by Gasteiger charge is -2.21. The highest BCUT2D eigenvalue weighted by Crippen LogP contribution is 2.42. The summed E-state index contributed by atoms with van der Waals surface area (Å²) in [5, 5.41) is 30.0. The van der Waals surface area contributed by atoms with Gasteiger partial charge in [-0.25, -0.2) is 0 Å². The number of Topliss-reactive ketones (excluding diaryl/α,β-unsaturated/α-hetero) is 1. The van der Waals surface area contributed by atoms with E-state index in [1.165, 1.54) is 24.1 Å². The molecule has 1 heterocycles. The molecule has 23 heavy (non-hydrogen) atoms. The Morgan fingerprint density at radius 1 is 1.17 bits per heavy atom. The van der Waals surface area contributed by atoms with Crippen molar-refractivity contribution in [1.29, 1.82) is 0 Å². The van der Waals surface area contributed by atoms with E-state index in [1.54, 1.807) is 24.3 Å². The van der Waals surface area contributed by atoms with Gasteiger partial charge in [0.15, 0.2) is 11.4 Å². The average molecular weight is 313 g/mol. The number of benzene rings is 2. The monoisotopic (exact) mass is 313 g/mol. The van der Waals surface area contributed by atoms with Crippen LogP contribution < -0.4 is 4.90 Å². The van der Waals surface area contributed by atoms with Crippen LogP contribution in [0.15, 0.2) is 42.5 Å². The molecule has 0 unspecified atom stereocenters. The second-order valence-electron chi connectivity index (χ2n) is 5.54. The summed E-state index contributed by atoms with van der Waals surface area (Å²) in [5.74, 6) is -1.75. The number of aromatic hydroxyl groups is 2. The zero-order valence-corrected chi connectivity index (χ0v) is 12.4. The fraction of sp³-hybridized carbons (Fsp3) is 0.176. The van der Waals surface area contributed by atoms with E-state index in [0.29, 0.717) is 11.3 Å². The lowest BCUT2D eigenvalue weighted by Crippen LogP contribution is -2.40. The van der Waals surface area contributed by atoms with Gasteiger partial charge in [-0.2, -0.15) is 0 Å². The van der Waals surface area contributed by atoms with Crippen molar-refractivity contribution in [3.63, 3.8) is 0 Å². The molecule has 0 aliphatic carbocycles. The van der Waals surface area contributed by atoms with Crippen LogP contribution in [-0.4, -0.2) is 34.1 Å². The van der Waals surface area contributed by atoms with Crippen molar-refractivity contribution in [3.05, 3.63) is 53.6 Å². The largest absolute Gasteiger partial charge is 0.508 e. The molecule has 1 atom stereocenters. The molecule has 0 fully saturated rings. The standard InChI is InChI=1S/C17H15NO5/c1-18-13-5-3-2-4-12(13)17(23,16(18)22)9-15(21)11-8-10(19)6-7-14(11)20/h2-8,19-20,23H,9H2,1H3/t17-/m0/s1. The van der Waals surface area contributed by atoms with E-state index in [0.717, 1.165) is 6.07 Å². The Bertz CT molecular complexity index is 816. The van der Waals surface area contributed by atoms with Gasteiger partial charge in [0, 0.05) is 12.6 Å². The van der Waals surface area contributed by atoms with Crippen LogP contribution >= 0.6 is 0 Å². The maximum atomic E-state index is 12.4. The second kappa shape index (κ2) is 5.10. The highest BCUT2D eigenvalue weighted by Gasteiger charge is 2.49. The molecule has 6 nitrogen and oxygen atoms in total. The van der Waals surface area contributed by atoms with Gasteiger partial charge in [0.25, 0.3) is 5.91 Å². The van der Waals surface area contributed by atoms with Gasteiger partial charge in [0.05, 0.1) is 17.7 Å². The Morgan fingerprint density at radius 3 is 2.61 bits per heavy atom. The van der Waals surface area contributed by atoms with Crippen LogP contribution in [0.5, 0.6) is 11.5 Å². The number of aliphatic hydroxyl groups is 1. The molecule has 1 amide bonds. The zero-order valence-electron chi connectivity index (χ0n) is 12.4. The van der Waals surface area contributed by atoms with Crippen molar-refractivity contribution in [2.45, 2.75) is 12.0 Å². The van der Waals surface area contributed by atoms with E-state index in [2.05, 4.69) is 0 Å². The topological polar surface area (TPSA) is 98.1 Å². The van der Waals surface area contributed by atoms with Crippen LogP contribution in [0.25, 0.3) is 0 Å². The molecule has 3 N–H and O–H groups in total. The molecule has 6 heteroatoms. The molecule has 0 spiro atoms. The minimum absolute atomic E-state index is 0.141. The van der Waals surface area contributed by atoms with Crippen LogP contribution in [0.2, 0.25) is 0 Å². The van der Waals surface area contributed by atoms with E-state index in [4.69, 9.17) is 0 Å². The van der Waals surface area contributed by atoms with Gasteiger partial charge in [0.1, 0.15) is 11.5 Å². The fourth-order valence-electron chi connectivity index (χ4n) is 2.86. The van der Waals surface area contributed by atoms with Crippen molar-refractivity contribution in [3.8, 4) is 11.5 Å². The molecule has 2 aromatic carbocycles. The predicted molar refractivity (Wildman–Crippen MR) is 82.5 cm³/mol. The Balaban J connectivity index is 2.00. The summed E-state index contributed by atoms with van der Waals surface area (Å²) in [6.45, 7) is 0. The van der Waals surface area contributed by atoms with E-state index < -0.39 is 23.7 Å². The number of anilines is 1. The highest BCUT2D eigenvalue weighted by atomic mass is 16.3. The molecule has 0 aromatic heterocycles. The lowest BCUT2D eigenvalue weighted by atomic mass is 9.88. The first-order chi connectivity index (χ1) is 10.8. The minimum atomic E-state index is -1.99. The summed E-state index contributed by atoms with van der Waals surface area (Å²) >= 11 is 0. The Kier molecular flexibility index (Phi) is 3.34. The van der Waals surface area contributed by atoms with Gasteiger partial charge in [-0.05, 0) is 24.3 Å². The molecule has 3 rings (SSSR count). The van der Waals surface area contributed by atoms with Gasteiger partial charge in [0.2, 0.25) is 0 Å². The number of carbonyl (C=O) groups excluding carboxylic acids is 2. The molecular formula is C17H15NO5. The average Bonchev–Trinajstić information content (AvgIpc) is 2.72. The fourth-order valence-corrected chi connectivity index (χ4v) is 2.86.